The number of esters is 1. The zero-order valence-corrected chi connectivity index (χ0v) is 9.23. The third kappa shape index (κ3) is 1.91. The van der Waals surface area contributed by atoms with Crippen molar-refractivity contribution in [3.8, 4) is 0 Å². The maximum Gasteiger partial charge on any atom is 0.323 e. The van der Waals surface area contributed by atoms with Crippen molar-refractivity contribution in [3.05, 3.63) is 35.4 Å². The Kier molecular flexibility index (Phi) is 2.91. The molecule has 17 heavy (non-hydrogen) atoms. The number of carbonyl (C=O) groups excluding carboxylic acids is 3. The van der Waals surface area contributed by atoms with Gasteiger partial charge in [-0.05, 0) is 18.6 Å². The Morgan fingerprint density at radius 1 is 1.35 bits per heavy atom. The molecule has 0 spiro atoms. The number of nitrogens with one attached hydrogen (secondary N) is 1. The lowest BCUT2D eigenvalue weighted by atomic mass is 9.90. The van der Waals surface area contributed by atoms with Crippen LogP contribution in [0, 0.1) is 0 Å². The minimum atomic E-state index is -1.05. The van der Waals surface area contributed by atoms with Gasteiger partial charge in [0, 0.05) is 5.56 Å². The fraction of sp³-hybridized carbons (Fsp3) is 0.250. The van der Waals surface area contributed by atoms with Crippen LogP contribution in [-0.4, -0.2) is 24.4 Å². The Balaban J connectivity index is 2.46. The molecule has 1 aliphatic rings. The van der Waals surface area contributed by atoms with Crippen LogP contribution in [0.5, 0.6) is 0 Å². The van der Waals surface area contributed by atoms with Gasteiger partial charge >= 0.3 is 5.97 Å². The fourth-order valence-electron chi connectivity index (χ4n) is 1.81. The molecule has 5 nitrogen and oxygen atoms in total. The van der Waals surface area contributed by atoms with E-state index in [0.717, 1.165) is 0 Å². The van der Waals surface area contributed by atoms with Crippen molar-refractivity contribution in [2.45, 2.75) is 12.8 Å². The normalized spacial score (nSPS) is 18.3. The fourth-order valence-corrected chi connectivity index (χ4v) is 1.81. The van der Waals surface area contributed by atoms with Gasteiger partial charge in [0.05, 0.1) is 6.61 Å². The van der Waals surface area contributed by atoms with E-state index in [-0.39, 0.29) is 6.61 Å². The van der Waals surface area contributed by atoms with Crippen molar-refractivity contribution in [2.24, 2.45) is 0 Å². The summed E-state index contributed by atoms with van der Waals surface area (Å²) < 4.78 is 4.83. The molecule has 0 aliphatic carbocycles. The summed E-state index contributed by atoms with van der Waals surface area (Å²) in [6.45, 7) is 1.86. The Bertz CT molecular complexity index is 495. The Labute approximate surface area is 97.8 Å². The molecule has 0 saturated carbocycles. The van der Waals surface area contributed by atoms with E-state index < -0.39 is 23.7 Å². The molecule has 5 heteroatoms. The summed E-state index contributed by atoms with van der Waals surface area (Å²) in [7, 11) is 0. The number of rotatable bonds is 2. The van der Waals surface area contributed by atoms with Crippen LogP contribution in [0.3, 0.4) is 0 Å². The zero-order chi connectivity index (χ0) is 12.4. The largest absolute Gasteiger partial charge is 0.465 e. The summed E-state index contributed by atoms with van der Waals surface area (Å²) in [5.74, 6) is -2.80. The topological polar surface area (TPSA) is 72.5 Å². The van der Waals surface area contributed by atoms with Crippen LogP contribution in [0.4, 0.5) is 0 Å². The van der Waals surface area contributed by atoms with E-state index in [4.69, 9.17) is 4.74 Å². The van der Waals surface area contributed by atoms with Gasteiger partial charge in [-0.25, -0.2) is 0 Å². The molecule has 1 unspecified atom stereocenters. The maximum absolute atomic E-state index is 11.7. The minimum absolute atomic E-state index is 0.193. The number of benzene rings is 1. The SMILES string of the molecule is CCOC(=O)C1C(=O)NC(=O)c2ccccc21. The monoisotopic (exact) mass is 233 g/mol. The quantitative estimate of drug-likeness (QED) is 0.461. The zero-order valence-electron chi connectivity index (χ0n) is 9.23. The van der Waals surface area contributed by atoms with Crippen LogP contribution < -0.4 is 5.32 Å². The molecule has 1 N–H and O–H groups in total. The number of hydrogen-bond acceptors (Lipinski definition) is 4. The first-order chi connectivity index (χ1) is 8.15. The van der Waals surface area contributed by atoms with Gasteiger partial charge in [0.1, 0.15) is 0 Å². The van der Waals surface area contributed by atoms with Crippen LogP contribution in [0.2, 0.25) is 0 Å². The Morgan fingerprint density at radius 3 is 2.76 bits per heavy atom. The molecule has 88 valence electrons. The molecule has 2 rings (SSSR count). The van der Waals surface area contributed by atoms with Gasteiger partial charge in [0.2, 0.25) is 5.91 Å². The summed E-state index contributed by atoms with van der Waals surface area (Å²) in [6, 6.07) is 6.52. The molecule has 0 aromatic heterocycles. The molecule has 0 radical (unpaired) electrons. The molecule has 1 heterocycles. The maximum atomic E-state index is 11.7. The highest BCUT2D eigenvalue weighted by molar-refractivity contribution is 6.18. The first-order valence-corrected chi connectivity index (χ1v) is 5.26. The van der Waals surface area contributed by atoms with Crippen LogP contribution in [0.1, 0.15) is 28.8 Å². The molecule has 1 atom stereocenters. The lowest BCUT2D eigenvalue weighted by Gasteiger charge is -2.22. The summed E-state index contributed by atoms with van der Waals surface area (Å²) in [6.07, 6.45) is 0. The number of amides is 2. The van der Waals surface area contributed by atoms with E-state index in [9.17, 15) is 14.4 Å². The first-order valence-electron chi connectivity index (χ1n) is 5.26. The van der Waals surface area contributed by atoms with E-state index in [2.05, 4.69) is 5.32 Å². The van der Waals surface area contributed by atoms with Crippen molar-refractivity contribution in [3.63, 3.8) is 0 Å². The van der Waals surface area contributed by atoms with E-state index >= 15 is 0 Å². The smallest absolute Gasteiger partial charge is 0.323 e. The molecule has 2 amide bonds. The molecular formula is C12H11NO4. The third-order valence-corrected chi connectivity index (χ3v) is 2.54. The van der Waals surface area contributed by atoms with Gasteiger partial charge in [-0.15, -0.1) is 0 Å². The summed E-state index contributed by atoms with van der Waals surface area (Å²) in [5, 5.41) is 2.15. The van der Waals surface area contributed by atoms with Crippen molar-refractivity contribution in [1.29, 1.82) is 0 Å². The van der Waals surface area contributed by atoms with Crippen LogP contribution in [-0.2, 0) is 14.3 Å². The Morgan fingerprint density at radius 2 is 2.06 bits per heavy atom. The second-order valence-corrected chi connectivity index (χ2v) is 3.59. The first kappa shape index (κ1) is 11.3. The van der Waals surface area contributed by atoms with Crippen LogP contribution in [0.25, 0.3) is 0 Å². The predicted octanol–water partition coefficient (Wildman–Crippen LogP) is 0.603. The lowest BCUT2D eigenvalue weighted by molar-refractivity contribution is -0.148. The van der Waals surface area contributed by atoms with Gasteiger partial charge in [-0.2, -0.15) is 0 Å². The van der Waals surface area contributed by atoms with Gasteiger partial charge in [0.25, 0.3) is 5.91 Å². The highest BCUT2D eigenvalue weighted by atomic mass is 16.5. The number of fused-ring (bicyclic) bond motifs is 1. The minimum Gasteiger partial charge on any atom is -0.465 e. The third-order valence-electron chi connectivity index (χ3n) is 2.54. The molecule has 0 fully saturated rings. The van der Waals surface area contributed by atoms with Gasteiger partial charge in [0.15, 0.2) is 5.92 Å². The number of imide groups is 1. The standard InChI is InChI=1S/C12H11NO4/c1-2-17-12(16)9-7-5-3-4-6-8(7)10(14)13-11(9)15/h3-6,9H,2H2,1H3,(H,13,14,15). The van der Waals surface area contributed by atoms with Crippen molar-refractivity contribution in [2.75, 3.05) is 6.61 Å². The van der Waals surface area contributed by atoms with Crippen molar-refractivity contribution >= 4 is 17.8 Å². The number of carbonyl (C=O) groups is 3. The predicted molar refractivity (Wildman–Crippen MR) is 58.3 cm³/mol. The van der Waals surface area contributed by atoms with Crippen molar-refractivity contribution < 1.29 is 19.1 Å². The van der Waals surface area contributed by atoms with E-state index in [1.54, 1.807) is 31.2 Å². The summed E-state index contributed by atoms with van der Waals surface area (Å²) >= 11 is 0. The number of hydrogen-bond donors (Lipinski definition) is 1. The molecule has 1 aromatic rings. The second kappa shape index (κ2) is 4.37. The van der Waals surface area contributed by atoms with E-state index in [1.165, 1.54) is 0 Å². The molecule has 0 bridgehead atoms. The van der Waals surface area contributed by atoms with Crippen LogP contribution in [0.15, 0.2) is 24.3 Å². The average molecular weight is 233 g/mol. The summed E-state index contributed by atoms with van der Waals surface area (Å²) in [4.78, 5) is 34.9. The number of ether oxygens (including phenoxy) is 1. The van der Waals surface area contributed by atoms with E-state index in [1.807, 2.05) is 0 Å². The highest BCUT2D eigenvalue weighted by Gasteiger charge is 2.37. The highest BCUT2D eigenvalue weighted by Crippen LogP contribution is 2.25. The van der Waals surface area contributed by atoms with Gasteiger partial charge in [-0.1, -0.05) is 18.2 Å². The van der Waals surface area contributed by atoms with Crippen molar-refractivity contribution in [1.82, 2.24) is 5.32 Å². The second-order valence-electron chi connectivity index (χ2n) is 3.59. The molecule has 0 saturated heterocycles. The molecular weight excluding hydrogens is 222 g/mol. The van der Waals surface area contributed by atoms with E-state index in [0.29, 0.717) is 11.1 Å². The average Bonchev–Trinajstić information content (AvgIpc) is 2.29. The Hall–Kier alpha value is -2.17. The van der Waals surface area contributed by atoms with Gasteiger partial charge in [-0.3, -0.25) is 19.7 Å². The molecule has 1 aromatic carbocycles. The lowest BCUT2D eigenvalue weighted by Crippen LogP contribution is -2.43. The van der Waals surface area contributed by atoms with Gasteiger partial charge < -0.3 is 4.74 Å². The summed E-state index contributed by atoms with van der Waals surface area (Å²) in [5.41, 5.74) is 0.741. The molecule has 1 aliphatic heterocycles. The van der Waals surface area contributed by atoms with Crippen LogP contribution >= 0.6 is 0 Å².